The minimum Gasteiger partial charge on any atom is -0.387 e. The molecule has 0 fully saturated rings. The Bertz CT molecular complexity index is 161. The van der Waals surface area contributed by atoms with Crippen molar-refractivity contribution in [1.29, 1.82) is 0 Å². The van der Waals surface area contributed by atoms with Crippen molar-refractivity contribution in [3.05, 3.63) is 30.6 Å². The summed E-state index contributed by atoms with van der Waals surface area (Å²) in [6, 6.07) is 5.72. The van der Waals surface area contributed by atoms with Gasteiger partial charge in [-0.25, -0.2) is 0 Å². The van der Waals surface area contributed by atoms with Gasteiger partial charge in [-0.1, -0.05) is 6.07 Å². The molecular formula is C7H8F3NO. The minimum absolute atomic E-state index is 1.73. The lowest BCUT2D eigenvalue weighted by molar-refractivity contribution is -0.159. The SMILES string of the molecule is OCC(F)(F)F.c1ccncc1. The molecule has 0 aliphatic carbocycles. The number of nitrogens with zero attached hydrogens (tertiary/aromatic N) is 1. The van der Waals surface area contributed by atoms with Crippen LogP contribution in [0.1, 0.15) is 0 Å². The second-order valence-corrected chi connectivity index (χ2v) is 1.80. The van der Waals surface area contributed by atoms with E-state index in [0.717, 1.165) is 0 Å². The van der Waals surface area contributed by atoms with Crippen molar-refractivity contribution in [1.82, 2.24) is 4.98 Å². The number of hydrogen-bond acceptors (Lipinski definition) is 2. The Morgan fingerprint density at radius 3 is 1.58 bits per heavy atom. The van der Waals surface area contributed by atoms with Gasteiger partial charge in [0.1, 0.15) is 6.61 Å². The molecule has 5 heteroatoms. The first-order valence-corrected chi connectivity index (χ1v) is 3.09. The molecule has 68 valence electrons. The second-order valence-electron chi connectivity index (χ2n) is 1.80. The first-order chi connectivity index (χ1) is 5.56. The van der Waals surface area contributed by atoms with Crippen LogP contribution in [0.3, 0.4) is 0 Å². The lowest BCUT2D eigenvalue weighted by atomic mass is 10.5. The molecule has 0 radical (unpaired) electrons. The molecule has 0 spiro atoms. The zero-order chi connectivity index (χ0) is 9.45. The largest absolute Gasteiger partial charge is 0.411 e. The number of aromatic nitrogens is 1. The number of aliphatic hydroxyl groups is 1. The molecule has 12 heavy (non-hydrogen) atoms. The second kappa shape index (κ2) is 5.54. The number of pyridine rings is 1. The first-order valence-electron chi connectivity index (χ1n) is 3.09. The topological polar surface area (TPSA) is 33.1 Å². The number of aliphatic hydroxyl groups excluding tert-OH is 1. The molecule has 1 rings (SSSR count). The van der Waals surface area contributed by atoms with Crippen molar-refractivity contribution < 1.29 is 18.3 Å². The van der Waals surface area contributed by atoms with Crippen molar-refractivity contribution in [2.24, 2.45) is 0 Å². The van der Waals surface area contributed by atoms with Gasteiger partial charge in [0.15, 0.2) is 0 Å². The van der Waals surface area contributed by atoms with Crippen LogP contribution in [-0.4, -0.2) is 22.9 Å². The average Bonchev–Trinajstić information content (AvgIpc) is 2.07. The highest BCUT2D eigenvalue weighted by atomic mass is 19.4. The summed E-state index contributed by atoms with van der Waals surface area (Å²) in [4.78, 5) is 3.78. The molecule has 0 unspecified atom stereocenters. The number of halogens is 3. The number of hydrogen-bond donors (Lipinski definition) is 1. The van der Waals surface area contributed by atoms with Crippen LogP contribution in [-0.2, 0) is 0 Å². The summed E-state index contributed by atoms with van der Waals surface area (Å²) in [7, 11) is 0. The fraction of sp³-hybridized carbons (Fsp3) is 0.286. The van der Waals surface area contributed by atoms with E-state index in [4.69, 9.17) is 5.11 Å². The summed E-state index contributed by atoms with van der Waals surface area (Å²) in [5.41, 5.74) is 0. The summed E-state index contributed by atoms with van der Waals surface area (Å²) < 4.78 is 31.6. The molecule has 0 saturated heterocycles. The summed E-state index contributed by atoms with van der Waals surface area (Å²) in [5.74, 6) is 0. The Kier molecular flexibility index (Phi) is 5.03. The van der Waals surface area contributed by atoms with Gasteiger partial charge in [-0.3, -0.25) is 4.98 Å². The van der Waals surface area contributed by atoms with Gasteiger partial charge in [-0.2, -0.15) is 13.2 Å². The third kappa shape index (κ3) is 8.90. The van der Waals surface area contributed by atoms with E-state index in [1.165, 1.54) is 0 Å². The number of rotatable bonds is 0. The van der Waals surface area contributed by atoms with Gasteiger partial charge in [0.25, 0.3) is 0 Å². The van der Waals surface area contributed by atoms with Crippen LogP contribution in [0.5, 0.6) is 0 Å². The zero-order valence-electron chi connectivity index (χ0n) is 6.12. The van der Waals surface area contributed by atoms with Crippen molar-refractivity contribution in [3.63, 3.8) is 0 Å². The lowest BCUT2D eigenvalue weighted by Crippen LogP contribution is -2.12. The molecule has 2 nitrogen and oxygen atoms in total. The molecule has 0 saturated carbocycles. The van der Waals surface area contributed by atoms with Crippen LogP contribution in [0.15, 0.2) is 30.6 Å². The van der Waals surface area contributed by atoms with Gasteiger partial charge < -0.3 is 5.11 Å². The van der Waals surface area contributed by atoms with Gasteiger partial charge >= 0.3 is 6.18 Å². The summed E-state index contributed by atoms with van der Waals surface area (Å²) in [6.07, 6.45) is -0.903. The van der Waals surface area contributed by atoms with Crippen molar-refractivity contribution in [2.75, 3.05) is 6.61 Å². The molecule has 1 aromatic heterocycles. The normalized spacial score (nSPS) is 10.0. The highest BCUT2D eigenvalue weighted by Crippen LogP contribution is 2.11. The van der Waals surface area contributed by atoms with E-state index in [2.05, 4.69) is 4.98 Å². The third-order valence-corrected chi connectivity index (χ3v) is 0.746. The Labute approximate surface area is 67.7 Å². The van der Waals surface area contributed by atoms with Gasteiger partial charge in [0.05, 0.1) is 0 Å². The molecule has 0 aromatic carbocycles. The molecular weight excluding hydrogens is 171 g/mol. The quantitative estimate of drug-likeness (QED) is 0.656. The van der Waals surface area contributed by atoms with E-state index in [9.17, 15) is 13.2 Å². The molecule has 0 aliphatic heterocycles. The molecule has 1 aromatic rings. The smallest absolute Gasteiger partial charge is 0.387 e. The highest BCUT2D eigenvalue weighted by molar-refractivity contribution is 4.88. The molecule has 0 amide bonds. The molecule has 0 atom stereocenters. The Morgan fingerprint density at radius 1 is 1.08 bits per heavy atom. The van der Waals surface area contributed by atoms with E-state index in [1.807, 2.05) is 18.2 Å². The molecule has 1 heterocycles. The summed E-state index contributed by atoms with van der Waals surface area (Å²) >= 11 is 0. The van der Waals surface area contributed by atoms with Crippen LogP contribution in [0.4, 0.5) is 13.2 Å². The van der Waals surface area contributed by atoms with Crippen molar-refractivity contribution in [2.45, 2.75) is 6.18 Å². The maximum Gasteiger partial charge on any atom is 0.411 e. The average molecular weight is 179 g/mol. The highest BCUT2D eigenvalue weighted by Gasteiger charge is 2.24. The molecule has 0 aliphatic rings. The lowest BCUT2D eigenvalue weighted by Gasteiger charge is -1.95. The fourth-order valence-electron chi connectivity index (χ4n) is 0.313. The van der Waals surface area contributed by atoms with E-state index in [1.54, 1.807) is 12.4 Å². The zero-order valence-corrected chi connectivity index (χ0v) is 6.12. The summed E-state index contributed by atoms with van der Waals surface area (Å²) in [5, 5.41) is 7.28. The third-order valence-electron chi connectivity index (χ3n) is 0.746. The van der Waals surface area contributed by atoms with Crippen LogP contribution in [0, 0.1) is 0 Å². The minimum atomic E-state index is -4.40. The van der Waals surface area contributed by atoms with Gasteiger partial charge in [-0.05, 0) is 12.1 Å². The summed E-state index contributed by atoms with van der Waals surface area (Å²) in [6.45, 7) is -1.73. The van der Waals surface area contributed by atoms with E-state index in [0.29, 0.717) is 0 Å². The van der Waals surface area contributed by atoms with Crippen LogP contribution in [0.25, 0.3) is 0 Å². The Balaban J connectivity index is 0.000000202. The maximum absolute atomic E-state index is 10.5. The van der Waals surface area contributed by atoms with E-state index in [-0.39, 0.29) is 0 Å². The number of alkyl halides is 3. The fourth-order valence-corrected chi connectivity index (χ4v) is 0.313. The van der Waals surface area contributed by atoms with Crippen LogP contribution < -0.4 is 0 Å². The van der Waals surface area contributed by atoms with Crippen molar-refractivity contribution in [3.8, 4) is 0 Å². The van der Waals surface area contributed by atoms with E-state index >= 15 is 0 Å². The molecule has 1 N–H and O–H groups in total. The van der Waals surface area contributed by atoms with Gasteiger partial charge in [0, 0.05) is 12.4 Å². The van der Waals surface area contributed by atoms with Crippen LogP contribution >= 0.6 is 0 Å². The van der Waals surface area contributed by atoms with E-state index < -0.39 is 12.8 Å². The maximum atomic E-state index is 10.5. The van der Waals surface area contributed by atoms with Crippen LogP contribution in [0.2, 0.25) is 0 Å². The monoisotopic (exact) mass is 179 g/mol. The standard InChI is InChI=1S/C5H5N.C2H3F3O/c1-2-4-6-5-3-1;3-2(4,5)1-6/h1-5H;6H,1H2. The first kappa shape index (κ1) is 10.9. The predicted octanol–water partition coefficient (Wildman–Crippen LogP) is 1.62. The van der Waals surface area contributed by atoms with Gasteiger partial charge in [0.2, 0.25) is 0 Å². The Morgan fingerprint density at radius 2 is 1.50 bits per heavy atom. The van der Waals surface area contributed by atoms with Gasteiger partial charge in [-0.15, -0.1) is 0 Å². The predicted molar refractivity (Wildman–Crippen MR) is 37.4 cm³/mol. The van der Waals surface area contributed by atoms with Crippen molar-refractivity contribution >= 4 is 0 Å². The molecule has 0 bridgehead atoms. The Hall–Kier alpha value is -1.10.